The van der Waals surface area contributed by atoms with Gasteiger partial charge in [-0.25, -0.2) is 9.37 Å². The van der Waals surface area contributed by atoms with Gasteiger partial charge in [0.2, 0.25) is 5.78 Å². The van der Waals surface area contributed by atoms with Gasteiger partial charge in [0.05, 0.1) is 12.8 Å². The number of hydrogen-bond donors (Lipinski definition) is 3. The van der Waals surface area contributed by atoms with Crippen molar-refractivity contribution in [3.05, 3.63) is 349 Å². The second kappa shape index (κ2) is 49.0. The van der Waals surface area contributed by atoms with Crippen LogP contribution in [0, 0.1) is 62.1 Å². The molecule has 0 radical (unpaired) electrons. The van der Waals surface area contributed by atoms with Crippen LogP contribution in [0.5, 0.6) is 11.5 Å². The van der Waals surface area contributed by atoms with Crippen molar-refractivity contribution in [3.63, 3.8) is 0 Å². The third-order valence-corrected chi connectivity index (χ3v) is 23.6. The monoisotopic (exact) mass is 1830 g/mol. The molecule has 4 N–H and O–H groups in total. The largest absolute Gasteiger partial charge is 0.504 e. The van der Waals surface area contributed by atoms with Gasteiger partial charge in [-0.1, -0.05) is 256 Å². The number of para-hydroxylation sites is 2. The number of oxazole rings is 1. The number of carbonyl (C=O) groups is 8. The molecule has 13 rings (SSSR count). The number of nitrogens with one attached hydrogen (secondary N) is 1. The molecule has 1 unspecified atom stereocenters. The van der Waals surface area contributed by atoms with E-state index in [1.807, 2.05) is 278 Å². The summed E-state index contributed by atoms with van der Waals surface area (Å²) in [4.78, 5) is 102. The maximum Gasteiger partial charge on any atom is 0.209 e. The van der Waals surface area contributed by atoms with Gasteiger partial charge in [0, 0.05) is 157 Å². The van der Waals surface area contributed by atoms with Crippen molar-refractivity contribution in [2.24, 2.45) is 42.6 Å². The van der Waals surface area contributed by atoms with Crippen LogP contribution in [0.15, 0.2) is 268 Å². The van der Waals surface area contributed by atoms with Crippen molar-refractivity contribution in [1.82, 2.24) is 9.55 Å². The lowest BCUT2D eigenvalue weighted by Crippen LogP contribution is -2.14. The number of aromatic hydroxyl groups is 1. The summed E-state index contributed by atoms with van der Waals surface area (Å²) in [5.74, 6) is 2.27. The van der Waals surface area contributed by atoms with Gasteiger partial charge in [0.15, 0.2) is 40.5 Å². The molecule has 2 heterocycles. The molecule has 10 aromatic carbocycles. The Morgan fingerprint density at radius 1 is 0.562 bits per heavy atom. The van der Waals surface area contributed by atoms with Gasteiger partial charge in [-0.2, -0.15) is 0 Å². The number of nitrogen functional groups attached to an aromatic ring is 1. The van der Waals surface area contributed by atoms with Gasteiger partial charge in [0.1, 0.15) is 34.6 Å². The van der Waals surface area contributed by atoms with Crippen molar-refractivity contribution in [3.8, 4) is 34.1 Å². The van der Waals surface area contributed by atoms with Crippen LogP contribution in [0.25, 0.3) is 45.9 Å². The minimum absolute atomic E-state index is 0.00319. The number of hydrogen-bond acceptors (Lipinski definition) is 15. The van der Waals surface area contributed by atoms with E-state index in [2.05, 4.69) is 46.1 Å². The molecule has 19 heteroatoms. The molecule has 0 saturated carbocycles. The molecular weight excluding hydrogens is 1710 g/mol. The number of carbonyl (C=O) groups excluding carboxylic acids is 8. The predicted octanol–water partition coefficient (Wildman–Crippen LogP) is 25.6. The average Bonchev–Trinajstić information content (AvgIpc) is 1.62. The summed E-state index contributed by atoms with van der Waals surface area (Å²) in [6, 6.07) is 74.7. The first kappa shape index (κ1) is 102. The Morgan fingerprint density at radius 3 is 1.72 bits per heavy atom. The highest BCUT2D eigenvalue weighted by atomic mass is 79.9. The summed E-state index contributed by atoms with van der Waals surface area (Å²) in [6.45, 7) is 30.8. The van der Waals surface area contributed by atoms with E-state index in [4.69, 9.17) is 14.9 Å². The lowest BCUT2D eigenvalue weighted by Gasteiger charge is -2.15. The van der Waals surface area contributed by atoms with Crippen LogP contribution >= 0.6 is 15.9 Å². The normalized spacial score (nSPS) is 11.9. The van der Waals surface area contributed by atoms with Gasteiger partial charge in [-0.3, -0.25) is 42.6 Å². The number of methoxy groups -OCH3 is 1. The van der Waals surface area contributed by atoms with E-state index >= 15 is 0 Å². The second-order valence-corrected chi connectivity index (χ2v) is 36.1. The van der Waals surface area contributed by atoms with Crippen LogP contribution in [0.4, 0.5) is 21.5 Å². The Kier molecular flexibility index (Phi) is 38.6. The number of aryl methyl sites for hydroxylation is 3. The molecule has 1 aliphatic carbocycles. The van der Waals surface area contributed by atoms with E-state index in [0.29, 0.717) is 71.0 Å². The fourth-order valence-electron chi connectivity index (χ4n) is 13.5. The van der Waals surface area contributed by atoms with Crippen LogP contribution in [0.1, 0.15) is 201 Å². The highest BCUT2D eigenvalue weighted by molar-refractivity contribution is 9.10. The molecule has 12 aromatic rings. The molecule has 2 aromatic heterocycles. The molecule has 1 aliphatic rings. The number of nitrogens with two attached hydrogens (primary N) is 1. The molecule has 676 valence electrons. The summed E-state index contributed by atoms with van der Waals surface area (Å²) in [5, 5.41) is 12.8. The number of phenolic OH excluding ortho intramolecular Hbond substituents is 1. The van der Waals surface area contributed by atoms with Gasteiger partial charge in [-0.05, 0) is 193 Å². The lowest BCUT2D eigenvalue weighted by molar-refractivity contribution is -0.122. The summed E-state index contributed by atoms with van der Waals surface area (Å²) < 4.78 is 39.2. The van der Waals surface area contributed by atoms with Crippen molar-refractivity contribution in [2.45, 2.75) is 148 Å². The Morgan fingerprint density at radius 2 is 1.12 bits per heavy atom. The minimum atomic E-state index is -1.01. The van der Waals surface area contributed by atoms with Gasteiger partial charge < -0.3 is 29.9 Å². The van der Waals surface area contributed by atoms with E-state index in [9.17, 15) is 52.1 Å². The molecule has 0 aliphatic heterocycles. The van der Waals surface area contributed by atoms with Crippen molar-refractivity contribution >= 4 is 113 Å². The number of fused-ring (bicyclic) bond motifs is 1. The van der Waals surface area contributed by atoms with E-state index in [0.717, 1.165) is 99.1 Å². The first-order valence-electron chi connectivity index (χ1n) is 43.6. The Bertz CT molecular complexity index is 6040. The summed E-state index contributed by atoms with van der Waals surface area (Å²) >= 11 is 3.34. The number of nitrogens with zero attached hydrogens (tertiary/aromatic N) is 2. The summed E-state index contributed by atoms with van der Waals surface area (Å²) in [6.07, 6.45) is 8.87. The fourth-order valence-corrected chi connectivity index (χ4v) is 14.3. The van der Waals surface area contributed by atoms with E-state index in [1.165, 1.54) is 36.4 Å². The molecular formula is C111H120BrFN4O12S. The zero-order valence-corrected chi connectivity index (χ0v) is 80.3. The zero-order chi connectivity index (χ0) is 95.3. The van der Waals surface area contributed by atoms with Crippen LogP contribution in [0.3, 0.4) is 0 Å². The zero-order valence-electron chi connectivity index (χ0n) is 77.9. The maximum absolute atomic E-state index is 13.9. The molecule has 130 heavy (non-hydrogen) atoms. The number of aromatic nitrogens is 2. The van der Waals surface area contributed by atoms with E-state index < -0.39 is 10.8 Å². The van der Waals surface area contributed by atoms with E-state index in [-0.39, 0.29) is 99.8 Å². The smallest absolute Gasteiger partial charge is 0.209 e. The second-order valence-electron chi connectivity index (χ2n) is 33.8. The van der Waals surface area contributed by atoms with Crippen molar-refractivity contribution < 1.29 is 61.2 Å². The fraction of sp³-hybridized carbons (Fsp3) is 0.270. The number of anilines is 3. The predicted molar refractivity (Wildman–Crippen MR) is 530 cm³/mol. The lowest BCUT2D eigenvalue weighted by atomic mass is 9.95. The first-order valence-corrected chi connectivity index (χ1v) is 46.0. The molecule has 1 atom stereocenters. The van der Waals surface area contributed by atoms with Crippen LogP contribution in [-0.4, -0.2) is 78.5 Å². The number of allylic oxidation sites excluding steroid dienone is 4. The highest BCUT2D eigenvalue weighted by Gasteiger charge is 2.28. The van der Waals surface area contributed by atoms with Crippen molar-refractivity contribution in [1.29, 1.82) is 0 Å². The van der Waals surface area contributed by atoms with Gasteiger partial charge in [0.25, 0.3) is 0 Å². The topological polar surface area (TPSA) is 252 Å². The summed E-state index contributed by atoms with van der Waals surface area (Å²) in [7, 11) is 2.31. The number of ether oxygens (including phenoxy) is 1. The summed E-state index contributed by atoms with van der Waals surface area (Å²) in [5.41, 5.74) is 25.9. The standard InChI is InChI=1S/C23H23FO2S.C21H21NO2.C18H18BrNO2.C18H21NO2.C18H21NO.C13H16O3/c1-14(2)23(25)13-21-15(3)20(19-10-7-17(24)12-22(19)21)11-16-5-8-18(9-6-16)27(4)26;1-15(2)18(23)13-14-19-22-20(16-9-5-3-6-10-16)21(24-19)17-11-7-4-8-12-17;1-11(2)16(21)10-13-4-3-5-15(17(13)20)18(22)12-6-8-14(19)9-7-12;1-12(2)17(20)11-15-9-10-16(19(15)4)18(21)14-7-5-13(3)6-8-14;1-12(2)18(20)15-9-5-6-10-17(15)19-16-11-7-8-13(3)14(16)4;1-9(2)11(14)6-4-10-5-7-12(15)13(8-10)16-3/h5-12,14H,13H2,1-4H3;3-12,15H,13-14H2,1-2H3;3-9,11H,10,20H2,1-2H3;5-10,12H,11H2,1-4H3;5-12,19H,1-4H3;4-9,15H,1-3H3/b20-11-;;;;;6-4+. The van der Waals surface area contributed by atoms with Gasteiger partial charge in [-0.15, -0.1) is 0 Å². The number of rotatable bonds is 29. The first-order chi connectivity index (χ1) is 61.8. The number of benzene rings is 10. The molecule has 0 amide bonds. The maximum atomic E-state index is 13.9. The van der Waals surface area contributed by atoms with E-state index in [1.54, 1.807) is 73.0 Å². The highest BCUT2D eigenvalue weighted by Crippen LogP contribution is 2.45. The molecule has 0 saturated heterocycles. The van der Waals surface area contributed by atoms with Crippen molar-refractivity contribution in [2.75, 3.05) is 24.4 Å². The number of halogens is 2. The Labute approximate surface area is 776 Å². The third-order valence-electron chi connectivity index (χ3n) is 22.1. The molecule has 16 nitrogen and oxygen atoms in total. The minimum Gasteiger partial charge on any atom is -0.504 e. The molecule has 0 bridgehead atoms. The SMILES string of the molecule is CC(C)C(=O)CCc1nc(-c2ccccc2)c(-c2ccccc2)o1.CC(C)C(=O)Cc1cccc(C(=O)c2ccc(Br)cc2)c1N.CC1=C(CC(=O)C(C)C)c2cc(F)ccc2/C1=C\c1ccc(S(C)=O)cc1.COc1cc(/C=C/C(=O)C(C)C)ccc1O.Cc1ccc(C(=O)c2ccc(CC(=O)C(C)C)n2C)cc1.Cc1cccc(Nc2ccccc2C(=O)C(C)C)c1C. The third kappa shape index (κ3) is 29.0. The molecule has 0 spiro atoms. The quantitative estimate of drug-likeness (QED) is 0.0224. The van der Waals surface area contributed by atoms with Gasteiger partial charge >= 0.3 is 0 Å². The number of Topliss-reactive ketones (excluding diaryl/α,β-unsaturated/α-hetero) is 5. The Hall–Kier alpha value is -13.0. The molecule has 0 fully saturated rings. The number of ketones is 8. The Balaban J connectivity index is 0.000000194. The van der Waals surface area contributed by atoms with Crippen LogP contribution in [-0.2, 0) is 61.1 Å². The number of phenols is 1. The van der Waals surface area contributed by atoms with Crippen LogP contribution < -0.4 is 15.8 Å². The van der Waals surface area contributed by atoms with Crippen LogP contribution in [0.2, 0.25) is 0 Å². The average molecular weight is 1830 g/mol.